The number of nitrogens with zero attached hydrogens (tertiary/aromatic N) is 2. The molecule has 1 aromatic carbocycles. The molecule has 0 spiro atoms. The molecule has 0 fully saturated rings. The van der Waals surface area contributed by atoms with E-state index in [1.54, 1.807) is 6.92 Å². The highest BCUT2D eigenvalue weighted by Gasteiger charge is 2.20. The van der Waals surface area contributed by atoms with Gasteiger partial charge < -0.3 is 15.8 Å². The predicted molar refractivity (Wildman–Crippen MR) is 95.4 cm³/mol. The molecular weight excluding hydrogens is 362 g/mol. The molecule has 0 saturated heterocycles. The van der Waals surface area contributed by atoms with Crippen molar-refractivity contribution < 1.29 is 18.3 Å². The molecule has 3 N–H and O–H groups in total. The van der Waals surface area contributed by atoms with Crippen LogP contribution in [-0.4, -0.2) is 23.2 Å². The topological polar surface area (TPSA) is 90.1 Å². The number of nitrogens with one attached hydrogen (secondary N) is 1. The molecule has 9 heteroatoms. The average molecular weight is 378 g/mol. The van der Waals surface area contributed by atoms with Gasteiger partial charge in [0.05, 0.1) is 18.5 Å². The molecule has 0 aliphatic rings. The Balaban J connectivity index is 1.85. The van der Waals surface area contributed by atoms with Crippen LogP contribution in [0.4, 0.5) is 14.5 Å². The molecular formula is C17H16F2N4O2S. The van der Waals surface area contributed by atoms with Crippen LogP contribution in [0.3, 0.4) is 0 Å². The molecule has 136 valence electrons. The molecule has 2 aromatic heterocycles. The number of aryl methyl sites for hydroxylation is 2. The first-order valence-electron chi connectivity index (χ1n) is 7.65. The van der Waals surface area contributed by atoms with Gasteiger partial charge in [-0.2, -0.15) is 5.10 Å². The molecule has 2 heterocycles. The number of aromatic nitrogens is 2. The van der Waals surface area contributed by atoms with Crippen molar-refractivity contribution in [3.05, 3.63) is 45.5 Å². The molecule has 1 amide bonds. The summed E-state index contributed by atoms with van der Waals surface area (Å²) in [6, 6.07) is 1.92. The van der Waals surface area contributed by atoms with E-state index >= 15 is 0 Å². The summed E-state index contributed by atoms with van der Waals surface area (Å²) in [5, 5.41) is 11.3. The first kappa shape index (κ1) is 18.0. The van der Waals surface area contributed by atoms with E-state index in [2.05, 4.69) is 15.5 Å². The van der Waals surface area contributed by atoms with Crippen molar-refractivity contribution in [3.8, 4) is 5.75 Å². The number of ether oxygens (including phenoxy) is 1. The Hall–Kier alpha value is -2.81. The fourth-order valence-electron chi connectivity index (χ4n) is 2.53. The van der Waals surface area contributed by atoms with Crippen LogP contribution in [0.2, 0.25) is 0 Å². The van der Waals surface area contributed by atoms with E-state index in [-0.39, 0.29) is 22.7 Å². The second kappa shape index (κ2) is 6.83. The molecule has 3 aromatic rings. The lowest BCUT2D eigenvalue weighted by Crippen LogP contribution is -2.23. The SMILES string of the molecule is COc1cc(F)c(CNC(=O)c2sc3nnc(C)c(C)c3c2N)cc1F. The summed E-state index contributed by atoms with van der Waals surface area (Å²) in [6.07, 6.45) is 0. The number of nitrogen functional groups attached to an aromatic ring is 1. The number of fused-ring (bicyclic) bond motifs is 1. The van der Waals surface area contributed by atoms with Gasteiger partial charge in [0.1, 0.15) is 15.5 Å². The van der Waals surface area contributed by atoms with Crippen LogP contribution in [0.1, 0.15) is 26.5 Å². The minimum absolute atomic E-state index is 0.00292. The maximum absolute atomic E-state index is 14.0. The highest BCUT2D eigenvalue weighted by molar-refractivity contribution is 7.21. The molecule has 0 bridgehead atoms. The fraction of sp³-hybridized carbons (Fsp3) is 0.235. The molecule has 0 unspecified atom stereocenters. The van der Waals surface area contributed by atoms with Crippen molar-refractivity contribution in [1.29, 1.82) is 0 Å². The predicted octanol–water partition coefficient (Wildman–Crippen LogP) is 3.11. The number of thiophene rings is 1. The van der Waals surface area contributed by atoms with Gasteiger partial charge in [-0.05, 0) is 25.5 Å². The van der Waals surface area contributed by atoms with E-state index in [0.29, 0.717) is 15.9 Å². The second-order valence-corrected chi connectivity index (χ2v) is 6.70. The number of hydrogen-bond acceptors (Lipinski definition) is 6. The molecule has 6 nitrogen and oxygen atoms in total. The summed E-state index contributed by atoms with van der Waals surface area (Å²) in [5.41, 5.74) is 7.99. The number of carbonyl (C=O) groups excluding carboxylic acids is 1. The summed E-state index contributed by atoms with van der Waals surface area (Å²) in [7, 11) is 1.25. The van der Waals surface area contributed by atoms with Gasteiger partial charge in [-0.25, -0.2) is 8.78 Å². The minimum Gasteiger partial charge on any atom is -0.494 e. The van der Waals surface area contributed by atoms with Gasteiger partial charge in [-0.3, -0.25) is 4.79 Å². The van der Waals surface area contributed by atoms with Crippen LogP contribution in [0.25, 0.3) is 10.2 Å². The molecule has 0 saturated carbocycles. The third-order valence-electron chi connectivity index (χ3n) is 4.10. The lowest BCUT2D eigenvalue weighted by atomic mass is 10.1. The van der Waals surface area contributed by atoms with Gasteiger partial charge in [0.2, 0.25) is 0 Å². The van der Waals surface area contributed by atoms with Crippen LogP contribution >= 0.6 is 11.3 Å². The van der Waals surface area contributed by atoms with Crippen molar-refractivity contribution >= 4 is 33.1 Å². The zero-order valence-electron chi connectivity index (χ0n) is 14.3. The highest BCUT2D eigenvalue weighted by atomic mass is 32.1. The number of carbonyl (C=O) groups is 1. The summed E-state index contributed by atoms with van der Waals surface area (Å²) in [5.74, 6) is -2.07. The van der Waals surface area contributed by atoms with Crippen LogP contribution in [0, 0.1) is 25.5 Å². The number of amides is 1. The lowest BCUT2D eigenvalue weighted by molar-refractivity contribution is 0.0955. The third-order valence-corrected chi connectivity index (χ3v) is 5.19. The monoisotopic (exact) mass is 378 g/mol. The van der Waals surface area contributed by atoms with E-state index in [1.165, 1.54) is 7.11 Å². The number of hydrogen-bond donors (Lipinski definition) is 2. The maximum Gasteiger partial charge on any atom is 0.263 e. The minimum atomic E-state index is -0.708. The number of methoxy groups -OCH3 is 1. The molecule has 3 rings (SSSR count). The first-order valence-corrected chi connectivity index (χ1v) is 8.47. The normalized spacial score (nSPS) is 11.0. The lowest BCUT2D eigenvalue weighted by Gasteiger charge is -2.08. The Morgan fingerprint density at radius 3 is 2.69 bits per heavy atom. The Kier molecular flexibility index (Phi) is 4.73. The Labute approximate surface area is 152 Å². The van der Waals surface area contributed by atoms with Crippen molar-refractivity contribution in [2.45, 2.75) is 20.4 Å². The van der Waals surface area contributed by atoms with Crippen molar-refractivity contribution in [2.75, 3.05) is 12.8 Å². The maximum atomic E-state index is 14.0. The van der Waals surface area contributed by atoms with Crippen molar-refractivity contribution in [1.82, 2.24) is 15.5 Å². The highest BCUT2D eigenvalue weighted by Crippen LogP contribution is 2.34. The number of benzene rings is 1. The van der Waals surface area contributed by atoms with Gasteiger partial charge >= 0.3 is 0 Å². The van der Waals surface area contributed by atoms with Gasteiger partial charge in [-0.15, -0.1) is 16.4 Å². The van der Waals surface area contributed by atoms with E-state index in [1.807, 2.05) is 6.92 Å². The molecule has 0 radical (unpaired) electrons. The summed E-state index contributed by atoms with van der Waals surface area (Å²) in [6.45, 7) is 3.47. The Morgan fingerprint density at radius 1 is 1.27 bits per heavy atom. The van der Waals surface area contributed by atoms with Gasteiger partial charge in [0.15, 0.2) is 11.6 Å². The number of anilines is 1. The number of halogens is 2. The van der Waals surface area contributed by atoms with E-state index in [0.717, 1.165) is 34.7 Å². The Bertz CT molecular complexity index is 1020. The average Bonchev–Trinajstić information content (AvgIpc) is 2.95. The second-order valence-electron chi connectivity index (χ2n) is 5.70. The van der Waals surface area contributed by atoms with Crippen LogP contribution in [0.5, 0.6) is 5.75 Å². The zero-order valence-corrected chi connectivity index (χ0v) is 15.1. The fourth-order valence-corrected chi connectivity index (χ4v) is 3.54. The quantitative estimate of drug-likeness (QED) is 0.728. The first-order chi connectivity index (χ1) is 12.3. The van der Waals surface area contributed by atoms with E-state index in [4.69, 9.17) is 10.5 Å². The largest absolute Gasteiger partial charge is 0.494 e. The van der Waals surface area contributed by atoms with Gasteiger partial charge in [-0.1, -0.05) is 0 Å². The zero-order chi connectivity index (χ0) is 19.0. The molecule has 0 atom stereocenters. The molecule has 26 heavy (non-hydrogen) atoms. The number of rotatable bonds is 4. The van der Waals surface area contributed by atoms with Crippen LogP contribution < -0.4 is 15.8 Å². The summed E-state index contributed by atoms with van der Waals surface area (Å²) < 4.78 is 32.4. The molecule has 0 aliphatic heterocycles. The molecule has 0 aliphatic carbocycles. The third kappa shape index (κ3) is 3.05. The van der Waals surface area contributed by atoms with Crippen LogP contribution in [-0.2, 0) is 6.54 Å². The van der Waals surface area contributed by atoms with E-state index in [9.17, 15) is 13.6 Å². The van der Waals surface area contributed by atoms with Gasteiger partial charge in [0, 0.05) is 23.6 Å². The number of nitrogens with two attached hydrogens (primary N) is 1. The van der Waals surface area contributed by atoms with Crippen molar-refractivity contribution in [2.24, 2.45) is 0 Å². The standard InChI is InChI=1S/C17H16F2N4O2S/c1-7-8(2)22-23-17-13(7)14(20)15(26-17)16(24)21-6-9-4-11(19)12(25-3)5-10(9)18/h4-5H,6,20H2,1-3H3,(H,21,24). The summed E-state index contributed by atoms with van der Waals surface area (Å²) in [4.78, 5) is 13.3. The summed E-state index contributed by atoms with van der Waals surface area (Å²) >= 11 is 1.10. The van der Waals surface area contributed by atoms with Crippen molar-refractivity contribution in [3.63, 3.8) is 0 Å². The smallest absolute Gasteiger partial charge is 0.263 e. The van der Waals surface area contributed by atoms with Crippen LogP contribution in [0.15, 0.2) is 12.1 Å². The Morgan fingerprint density at radius 2 is 2.00 bits per heavy atom. The van der Waals surface area contributed by atoms with Gasteiger partial charge in [0.25, 0.3) is 5.91 Å². The van der Waals surface area contributed by atoms with E-state index < -0.39 is 17.5 Å².